The summed E-state index contributed by atoms with van der Waals surface area (Å²) >= 11 is 0. The van der Waals surface area contributed by atoms with Gasteiger partial charge in [-0.3, -0.25) is 4.79 Å². The maximum Gasteiger partial charge on any atom is 0.326 e. The summed E-state index contributed by atoms with van der Waals surface area (Å²) in [7, 11) is 0. The van der Waals surface area contributed by atoms with Crippen molar-refractivity contribution in [1.29, 1.82) is 0 Å². The van der Waals surface area contributed by atoms with Crippen molar-refractivity contribution in [2.45, 2.75) is 39.2 Å². The largest absolute Gasteiger partial charge is 0.480 e. The minimum absolute atomic E-state index is 0.0365. The van der Waals surface area contributed by atoms with Gasteiger partial charge in [0.15, 0.2) is 0 Å². The molecule has 0 radical (unpaired) electrons. The van der Waals surface area contributed by atoms with E-state index in [9.17, 15) is 9.59 Å². The van der Waals surface area contributed by atoms with Crippen LogP contribution in [0.2, 0.25) is 0 Å². The first kappa shape index (κ1) is 14.0. The van der Waals surface area contributed by atoms with E-state index in [0.717, 1.165) is 12.8 Å². The van der Waals surface area contributed by atoms with Gasteiger partial charge in [-0.2, -0.15) is 0 Å². The quantitative estimate of drug-likeness (QED) is 0.742. The Bertz CT molecular complexity index is 289. The molecule has 0 spiro atoms. The van der Waals surface area contributed by atoms with Gasteiger partial charge in [-0.05, 0) is 24.8 Å². The Balaban J connectivity index is 2.65. The van der Waals surface area contributed by atoms with Gasteiger partial charge in [0, 0.05) is 13.0 Å². The van der Waals surface area contributed by atoms with Gasteiger partial charge in [0.05, 0.1) is 0 Å². The molecule has 1 fully saturated rings. The Morgan fingerprint density at radius 1 is 1.53 bits per heavy atom. The minimum atomic E-state index is -0.899. The molecule has 0 aromatic rings. The highest BCUT2D eigenvalue weighted by molar-refractivity contribution is 5.84. The SMILES string of the molecule is CCC(CN)CC(=O)N1CCC(C)C1C(=O)O. The molecule has 0 aliphatic carbocycles. The molecule has 0 bridgehead atoms. The second-order valence-corrected chi connectivity index (χ2v) is 4.85. The monoisotopic (exact) mass is 242 g/mol. The number of nitrogens with two attached hydrogens (primary N) is 1. The first-order chi connectivity index (χ1) is 8.01. The molecule has 5 nitrogen and oxygen atoms in total. The van der Waals surface area contributed by atoms with Gasteiger partial charge >= 0.3 is 5.97 Å². The lowest BCUT2D eigenvalue weighted by atomic mass is 10.0. The van der Waals surface area contributed by atoms with Crippen LogP contribution in [0.4, 0.5) is 0 Å². The topological polar surface area (TPSA) is 83.6 Å². The second-order valence-electron chi connectivity index (χ2n) is 4.85. The summed E-state index contributed by atoms with van der Waals surface area (Å²) in [6, 6.07) is -0.655. The number of nitrogens with zero attached hydrogens (tertiary/aromatic N) is 1. The van der Waals surface area contributed by atoms with E-state index in [4.69, 9.17) is 10.8 Å². The molecule has 0 saturated carbocycles. The number of likely N-dealkylation sites (tertiary alicyclic amines) is 1. The Morgan fingerprint density at radius 3 is 2.65 bits per heavy atom. The van der Waals surface area contributed by atoms with Crippen LogP contribution in [0.15, 0.2) is 0 Å². The first-order valence-electron chi connectivity index (χ1n) is 6.23. The van der Waals surface area contributed by atoms with E-state index >= 15 is 0 Å². The molecule has 0 aromatic heterocycles. The third-order valence-corrected chi connectivity index (χ3v) is 3.65. The van der Waals surface area contributed by atoms with Crippen LogP contribution in [-0.2, 0) is 9.59 Å². The molecule has 3 atom stereocenters. The van der Waals surface area contributed by atoms with Gasteiger partial charge < -0.3 is 15.7 Å². The van der Waals surface area contributed by atoms with Crippen LogP contribution in [0, 0.1) is 11.8 Å². The van der Waals surface area contributed by atoms with Crippen molar-refractivity contribution in [3.63, 3.8) is 0 Å². The van der Waals surface area contributed by atoms with Crippen LogP contribution in [0.1, 0.15) is 33.1 Å². The van der Waals surface area contributed by atoms with E-state index in [1.54, 1.807) is 0 Å². The summed E-state index contributed by atoms with van der Waals surface area (Å²) in [6.45, 7) is 4.90. The zero-order valence-electron chi connectivity index (χ0n) is 10.6. The minimum Gasteiger partial charge on any atom is -0.480 e. The molecule has 0 aromatic carbocycles. The number of carbonyl (C=O) groups excluding carboxylic acids is 1. The van der Waals surface area contributed by atoms with Crippen LogP contribution in [0.25, 0.3) is 0 Å². The summed E-state index contributed by atoms with van der Waals surface area (Å²) in [5.41, 5.74) is 5.56. The standard InChI is InChI=1S/C12H22N2O3/c1-3-9(7-13)6-10(15)14-5-4-8(2)11(14)12(16)17/h8-9,11H,3-7,13H2,1-2H3,(H,16,17). The fourth-order valence-corrected chi connectivity index (χ4v) is 2.36. The third-order valence-electron chi connectivity index (χ3n) is 3.65. The molecule has 3 unspecified atom stereocenters. The molecule has 1 aliphatic rings. The Labute approximate surface area is 102 Å². The van der Waals surface area contributed by atoms with Gasteiger partial charge in [0.1, 0.15) is 6.04 Å². The third kappa shape index (κ3) is 3.19. The molecule has 1 rings (SSSR count). The number of carbonyl (C=O) groups is 2. The fraction of sp³-hybridized carbons (Fsp3) is 0.833. The zero-order valence-corrected chi connectivity index (χ0v) is 10.6. The van der Waals surface area contributed by atoms with Crippen LogP contribution >= 0.6 is 0 Å². The maximum atomic E-state index is 12.0. The van der Waals surface area contributed by atoms with Crippen molar-refractivity contribution in [1.82, 2.24) is 4.90 Å². The van der Waals surface area contributed by atoms with Crippen LogP contribution < -0.4 is 5.73 Å². The molecule has 1 heterocycles. The average Bonchev–Trinajstić information content (AvgIpc) is 2.67. The summed E-state index contributed by atoms with van der Waals surface area (Å²) in [4.78, 5) is 24.7. The summed E-state index contributed by atoms with van der Waals surface area (Å²) in [5, 5.41) is 9.13. The number of carboxylic acid groups (broad SMARTS) is 1. The van der Waals surface area contributed by atoms with Gasteiger partial charge in [0.2, 0.25) is 5.91 Å². The van der Waals surface area contributed by atoms with Crippen molar-refractivity contribution >= 4 is 11.9 Å². The molecule has 5 heteroatoms. The van der Waals surface area contributed by atoms with E-state index in [0.29, 0.717) is 19.5 Å². The lowest BCUT2D eigenvalue weighted by Gasteiger charge is -2.25. The van der Waals surface area contributed by atoms with Crippen molar-refractivity contribution in [2.75, 3.05) is 13.1 Å². The molecule has 1 amide bonds. The zero-order chi connectivity index (χ0) is 13.0. The highest BCUT2D eigenvalue weighted by Gasteiger charge is 2.39. The van der Waals surface area contributed by atoms with E-state index in [-0.39, 0.29) is 17.7 Å². The second kappa shape index (κ2) is 6.00. The van der Waals surface area contributed by atoms with Gasteiger partial charge in [0.25, 0.3) is 0 Å². The summed E-state index contributed by atoms with van der Waals surface area (Å²) in [6.07, 6.45) is 1.98. The highest BCUT2D eigenvalue weighted by atomic mass is 16.4. The summed E-state index contributed by atoms with van der Waals surface area (Å²) in [5.74, 6) is -0.773. The first-order valence-corrected chi connectivity index (χ1v) is 6.23. The number of rotatable bonds is 5. The fourth-order valence-electron chi connectivity index (χ4n) is 2.36. The van der Waals surface area contributed by atoms with E-state index in [1.165, 1.54) is 4.90 Å². The molecular formula is C12H22N2O3. The van der Waals surface area contributed by atoms with Crippen molar-refractivity contribution in [2.24, 2.45) is 17.6 Å². The lowest BCUT2D eigenvalue weighted by molar-refractivity contribution is -0.149. The highest BCUT2D eigenvalue weighted by Crippen LogP contribution is 2.25. The van der Waals surface area contributed by atoms with Crippen molar-refractivity contribution < 1.29 is 14.7 Å². The predicted molar refractivity (Wildman–Crippen MR) is 64.4 cm³/mol. The van der Waals surface area contributed by atoms with Crippen molar-refractivity contribution in [3.8, 4) is 0 Å². The van der Waals surface area contributed by atoms with Crippen LogP contribution in [0.5, 0.6) is 0 Å². The maximum absolute atomic E-state index is 12.0. The molecule has 1 aliphatic heterocycles. The van der Waals surface area contributed by atoms with E-state index in [1.807, 2.05) is 13.8 Å². The van der Waals surface area contributed by atoms with Crippen LogP contribution in [-0.4, -0.2) is 41.0 Å². The molecule has 17 heavy (non-hydrogen) atoms. The van der Waals surface area contributed by atoms with Crippen molar-refractivity contribution in [3.05, 3.63) is 0 Å². The van der Waals surface area contributed by atoms with Gasteiger partial charge in [-0.1, -0.05) is 20.3 Å². The molecule has 1 saturated heterocycles. The predicted octanol–water partition coefficient (Wildman–Crippen LogP) is 0.683. The molecule has 98 valence electrons. The lowest BCUT2D eigenvalue weighted by Crippen LogP contribution is -2.43. The van der Waals surface area contributed by atoms with Gasteiger partial charge in [-0.15, -0.1) is 0 Å². The normalized spacial score (nSPS) is 25.9. The number of hydrogen-bond acceptors (Lipinski definition) is 3. The smallest absolute Gasteiger partial charge is 0.326 e. The number of aliphatic carboxylic acids is 1. The number of amides is 1. The Hall–Kier alpha value is -1.10. The van der Waals surface area contributed by atoms with E-state index < -0.39 is 12.0 Å². The molecular weight excluding hydrogens is 220 g/mol. The number of carboxylic acids is 1. The Morgan fingerprint density at radius 2 is 2.18 bits per heavy atom. The summed E-state index contributed by atoms with van der Waals surface area (Å²) < 4.78 is 0. The average molecular weight is 242 g/mol. The molecule has 3 N–H and O–H groups in total. The Kier molecular flexibility index (Phi) is 4.93. The van der Waals surface area contributed by atoms with E-state index in [2.05, 4.69) is 0 Å². The number of hydrogen-bond donors (Lipinski definition) is 2. The van der Waals surface area contributed by atoms with Crippen LogP contribution in [0.3, 0.4) is 0 Å². The van der Waals surface area contributed by atoms with Gasteiger partial charge in [-0.25, -0.2) is 4.79 Å².